The summed E-state index contributed by atoms with van der Waals surface area (Å²) in [5.74, 6) is 1.02. The number of anilines is 1. The molecule has 3 N–H and O–H groups in total. The maximum absolute atomic E-state index is 9.47. The summed E-state index contributed by atoms with van der Waals surface area (Å²) >= 11 is 0. The highest BCUT2D eigenvalue weighted by molar-refractivity contribution is 5.64. The molecule has 0 aliphatic rings. The van der Waals surface area contributed by atoms with Gasteiger partial charge in [0.05, 0.1) is 0 Å². The first-order valence-electron chi connectivity index (χ1n) is 6.13. The van der Waals surface area contributed by atoms with Gasteiger partial charge in [-0.1, -0.05) is 17.3 Å². The molecule has 0 spiro atoms. The van der Waals surface area contributed by atoms with E-state index in [9.17, 15) is 5.11 Å². The van der Waals surface area contributed by atoms with Gasteiger partial charge >= 0.3 is 0 Å². The lowest BCUT2D eigenvalue weighted by atomic mass is 10.1. The number of benzene rings is 2. The quantitative estimate of drug-likeness (QED) is 0.697. The van der Waals surface area contributed by atoms with Gasteiger partial charge in [0, 0.05) is 16.8 Å². The molecule has 0 amide bonds. The van der Waals surface area contributed by atoms with Crippen LogP contribution in [-0.4, -0.2) is 15.2 Å². The molecule has 1 heterocycles. The van der Waals surface area contributed by atoms with E-state index >= 15 is 0 Å². The molecule has 2 aromatic carbocycles. The predicted octanol–water partition coefficient (Wildman–Crippen LogP) is 3.00. The average Bonchev–Trinajstić information content (AvgIpc) is 2.92. The second-order valence-electron chi connectivity index (χ2n) is 4.54. The highest BCUT2D eigenvalue weighted by atomic mass is 16.5. The maximum Gasteiger partial charge on any atom is 0.258 e. The number of phenols is 1. The van der Waals surface area contributed by atoms with Gasteiger partial charge in [0.1, 0.15) is 5.75 Å². The Morgan fingerprint density at radius 2 is 1.95 bits per heavy atom. The van der Waals surface area contributed by atoms with E-state index < -0.39 is 0 Å². The van der Waals surface area contributed by atoms with Gasteiger partial charge in [0.25, 0.3) is 5.89 Å². The third kappa shape index (κ3) is 2.21. The van der Waals surface area contributed by atoms with Crippen molar-refractivity contribution in [3.8, 4) is 28.6 Å². The minimum absolute atomic E-state index is 0.164. The van der Waals surface area contributed by atoms with Crippen LogP contribution in [0.1, 0.15) is 5.56 Å². The molecule has 0 saturated carbocycles. The molecule has 3 rings (SSSR count). The van der Waals surface area contributed by atoms with Crippen LogP contribution in [0.4, 0.5) is 5.69 Å². The predicted molar refractivity (Wildman–Crippen MR) is 76.0 cm³/mol. The Labute approximate surface area is 115 Å². The number of rotatable bonds is 2. The Morgan fingerprint density at radius 3 is 2.70 bits per heavy atom. The molecule has 5 nitrogen and oxygen atoms in total. The van der Waals surface area contributed by atoms with Crippen LogP contribution < -0.4 is 5.73 Å². The average molecular weight is 267 g/mol. The molecule has 0 bridgehead atoms. The van der Waals surface area contributed by atoms with Crippen LogP contribution in [-0.2, 0) is 0 Å². The number of aryl methyl sites for hydroxylation is 1. The molecule has 0 unspecified atom stereocenters. The van der Waals surface area contributed by atoms with E-state index in [-0.39, 0.29) is 5.75 Å². The second kappa shape index (κ2) is 4.70. The lowest BCUT2D eigenvalue weighted by Crippen LogP contribution is -1.89. The number of nitrogens with zero attached hydrogens (tertiary/aromatic N) is 2. The lowest BCUT2D eigenvalue weighted by molar-refractivity contribution is 0.432. The molecule has 0 saturated heterocycles. The molecule has 100 valence electrons. The fourth-order valence-corrected chi connectivity index (χ4v) is 1.91. The van der Waals surface area contributed by atoms with Crippen LogP contribution in [0, 0.1) is 6.92 Å². The number of phenolic OH excluding ortho intramolecular Hbond substituents is 1. The fraction of sp³-hybridized carbons (Fsp3) is 0.0667. The standard InChI is InChI=1S/C15H13N3O2/c1-9-7-11(5-6-13(9)16)15-17-14(18-20-15)10-3-2-4-12(19)8-10/h2-8,19H,16H2,1H3. The fourth-order valence-electron chi connectivity index (χ4n) is 1.91. The number of aromatic nitrogens is 2. The number of hydrogen-bond acceptors (Lipinski definition) is 5. The van der Waals surface area contributed by atoms with E-state index in [4.69, 9.17) is 10.3 Å². The van der Waals surface area contributed by atoms with Crippen molar-refractivity contribution in [1.29, 1.82) is 0 Å². The molecular weight excluding hydrogens is 254 g/mol. The molecule has 5 heteroatoms. The summed E-state index contributed by atoms with van der Waals surface area (Å²) < 4.78 is 5.26. The Morgan fingerprint density at radius 1 is 1.10 bits per heavy atom. The molecular formula is C15H13N3O2. The Kier molecular flexibility index (Phi) is 2.87. The zero-order valence-electron chi connectivity index (χ0n) is 10.9. The van der Waals surface area contributed by atoms with Crippen molar-refractivity contribution in [2.75, 3.05) is 5.73 Å². The van der Waals surface area contributed by atoms with Crippen molar-refractivity contribution in [2.24, 2.45) is 0 Å². The Hall–Kier alpha value is -2.82. The smallest absolute Gasteiger partial charge is 0.258 e. The van der Waals surface area contributed by atoms with E-state index in [2.05, 4.69) is 10.1 Å². The Bertz CT molecular complexity index is 765. The molecule has 0 radical (unpaired) electrons. The molecule has 0 aliphatic carbocycles. The van der Waals surface area contributed by atoms with E-state index in [0.717, 1.165) is 16.8 Å². The van der Waals surface area contributed by atoms with Crippen molar-refractivity contribution >= 4 is 5.69 Å². The first-order chi connectivity index (χ1) is 9.63. The molecule has 1 aromatic heterocycles. The van der Waals surface area contributed by atoms with Crippen LogP contribution in [0.2, 0.25) is 0 Å². The molecule has 0 atom stereocenters. The maximum atomic E-state index is 9.47. The zero-order valence-corrected chi connectivity index (χ0v) is 10.9. The van der Waals surface area contributed by atoms with Gasteiger partial charge in [-0.3, -0.25) is 0 Å². The van der Waals surface area contributed by atoms with Gasteiger partial charge in [-0.05, 0) is 42.8 Å². The van der Waals surface area contributed by atoms with Crippen LogP contribution in [0.5, 0.6) is 5.75 Å². The summed E-state index contributed by atoms with van der Waals surface area (Å²) in [7, 11) is 0. The summed E-state index contributed by atoms with van der Waals surface area (Å²) in [6.45, 7) is 1.92. The normalized spacial score (nSPS) is 10.7. The van der Waals surface area contributed by atoms with Crippen molar-refractivity contribution < 1.29 is 9.63 Å². The van der Waals surface area contributed by atoms with Crippen molar-refractivity contribution in [1.82, 2.24) is 10.1 Å². The summed E-state index contributed by atoms with van der Waals surface area (Å²) in [5.41, 5.74) is 8.98. The molecule has 0 fully saturated rings. The number of nitrogens with two attached hydrogens (primary N) is 1. The summed E-state index contributed by atoms with van der Waals surface area (Å²) in [6, 6.07) is 12.3. The van der Waals surface area contributed by atoms with Gasteiger partial charge < -0.3 is 15.4 Å². The van der Waals surface area contributed by atoms with Crippen molar-refractivity contribution in [3.63, 3.8) is 0 Å². The van der Waals surface area contributed by atoms with Gasteiger partial charge in [-0.2, -0.15) is 4.98 Å². The van der Waals surface area contributed by atoms with Crippen LogP contribution in [0.15, 0.2) is 47.0 Å². The van der Waals surface area contributed by atoms with Gasteiger partial charge in [0.2, 0.25) is 5.82 Å². The monoisotopic (exact) mass is 267 g/mol. The SMILES string of the molecule is Cc1cc(-c2nc(-c3cccc(O)c3)no2)ccc1N. The highest BCUT2D eigenvalue weighted by Crippen LogP contribution is 2.26. The largest absolute Gasteiger partial charge is 0.508 e. The topological polar surface area (TPSA) is 85.2 Å². The summed E-state index contributed by atoms with van der Waals surface area (Å²) in [5, 5.41) is 13.4. The van der Waals surface area contributed by atoms with Crippen LogP contribution >= 0.6 is 0 Å². The third-order valence-corrected chi connectivity index (χ3v) is 3.05. The van der Waals surface area contributed by atoms with E-state index in [1.165, 1.54) is 0 Å². The minimum Gasteiger partial charge on any atom is -0.508 e. The molecule has 0 aliphatic heterocycles. The number of aromatic hydroxyl groups is 1. The van der Waals surface area contributed by atoms with E-state index in [1.807, 2.05) is 31.2 Å². The van der Waals surface area contributed by atoms with E-state index in [0.29, 0.717) is 17.3 Å². The first-order valence-corrected chi connectivity index (χ1v) is 6.13. The van der Waals surface area contributed by atoms with Gasteiger partial charge in [0.15, 0.2) is 0 Å². The van der Waals surface area contributed by atoms with Crippen LogP contribution in [0.3, 0.4) is 0 Å². The zero-order chi connectivity index (χ0) is 14.1. The van der Waals surface area contributed by atoms with E-state index in [1.54, 1.807) is 18.2 Å². The minimum atomic E-state index is 0.164. The number of hydrogen-bond donors (Lipinski definition) is 2. The third-order valence-electron chi connectivity index (χ3n) is 3.05. The summed E-state index contributed by atoms with van der Waals surface area (Å²) in [4.78, 5) is 4.33. The lowest BCUT2D eigenvalue weighted by Gasteiger charge is -2.00. The van der Waals surface area contributed by atoms with Gasteiger partial charge in [-0.15, -0.1) is 0 Å². The van der Waals surface area contributed by atoms with Crippen molar-refractivity contribution in [2.45, 2.75) is 6.92 Å². The van der Waals surface area contributed by atoms with Crippen LogP contribution in [0.25, 0.3) is 22.8 Å². The van der Waals surface area contributed by atoms with Gasteiger partial charge in [-0.25, -0.2) is 0 Å². The molecule has 3 aromatic rings. The highest BCUT2D eigenvalue weighted by Gasteiger charge is 2.11. The second-order valence-corrected chi connectivity index (χ2v) is 4.54. The summed E-state index contributed by atoms with van der Waals surface area (Å²) in [6.07, 6.45) is 0. The first kappa shape index (κ1) is 12.2. The Balaban J connectivity index is 1.99. The number of nitrogen functional groups attached to an aromatic ring is 1. The molecule has 20 heavy (non-hydrogen) atoms. The van der Waals surface area contributed by atoms with Crippen molar-refractivity contribution in [3.05, 3.63) is 48.0 Å².